The number of thiazole rings is 1. The molecule has 1 atom stereocenters. The van der Waals surface area contributed by atoms with Crippen molar-refractivity contribution >= 4 is 69.1 Å². The number of esters is 1. The normalized spacial score (nSPS) is 16.7. The fourth-order valence-corrected chi connectivity index (χ4v) is 5.71. The van der Waals surface area contributed by atoms with Gasteiger partial charge in [-0.1, -0.05) is 29.8 Å². The van der Waals surface area contributed by atoms with Crippen molar-refractivity contribution < 1.29 is 19.1 Å². The first-order valence-electron chi connectivity index (χ1n) is 12.1. The van der Waals surface area contributed by atoms with Crippen LogP contribution in [0.1, 0.15) is 27.2 Å². The van der Waals surface area contributed by atoms with Crippen LogP contribution in [0.3, 0.4) is 0 Å². The van der Waals surface area contributed by atoms with E-state index >= 15 is 0 Å². The molecule has 0 aliphatic carbocycles. The lowest BCUT2D eigenvalue weighted by atomic mass is 10.1. The minimum atomic E-state index is -1.05. The number of rotatable bonds is 8. The minimum absolute atomic E-state index is 0.162. The highest BCUT2D eigenvalue weighted by atomic mass is 35.5. The van der Waals surface area contributed by atoms with Crippen LogP contribution in [-0.4, -0.2) is 40.8 Å². The maximum atomic E-state index is 13.1. The average Bonchev–Trinajstić information content (AvgIpc) is 3.44. The second-order valence-corrected chi connectivity index (χ2v) is 11.3. The van der Waals surface area contributed by atoms with Gasteiger partial charge in [-0.3, -0.25) is 4.79 Å². The molecule has 0 radical (unpaired) electrons. The van der Waals surface area contributed by atoms with Gasteiger partial charge >= 0.3 is 12.0 Å². The third-order valence-corrected chi connectivity index (χ3v) is 7.53. The Bertz CT molecular complexity index is 1420. The number of alkyl halides is 1. The zero-order chi connectivity index (χ0) is 28.2. The van der Waals surface area contributed by atoms with Crippen LogP contribution in [-0.2, 0) is 14.3 Å². The Labute approximate surface area is 240 Å². The molecule has 12 heteroatoms. The summed E-state index contributed by atoms with van der Waals surface area (Å²) < 4.78 is 5.34. The molecule has 1 aliphatic heterocycles. The van der Waals surface area contributed by atoms with E-state index in [-0.39, 0.29) is 24.6 Å². The smallest absolute Gasteiger partial charge is 0.356 e. The number of nitrogens with one attached hydrogen (secondary N) is 3. The molecule has 3 amide bonds. The van der Waals surface area contributed by atoms with Gasteiger partial charge in [-0.2, -0.15) is 0 Å². The van der Waals surface area contributed by atoms with Crippen molar-refractivity contribution in [2.24, 2.45) is 0 Å². The van der Waals surface area contributed by atoms with Gasteiger partial charge < -0.3 is 25.6 Å². The number of anilines is 3. The number of carbonyl (C=O) groups is 3. The number of ether oxygens (including phenoxy) is 1. The molecule has 4 rings (SSSR count). The van der Waals surface area contributed by atoms with Gasteiger partial charge in [0, 0.05) is 40.6 Å². The first-order chi connectivity index (χ1) is 18.6. The van der Waals surface area contributed by atoms with E-state index in [0.717, 1.165) is 10.5 Å². The number of hydrogen-bond acceptors (Lipinski definition) is 8. The zero-order valence-corrected chi connectivity index (χ0v) is 24.2. The third-order valence-electron chi connectivity index (χ3n) is 5.74. The predicted octanol–water partition coefficient (Wildman–Crippen LogP) is 6.25. The Hall–Kier alpha value is -3.54. The second-order valence-electron chi connectivity index (χ2n) is 8.78. The summed E-state index contributed by atoms with van der Waals surface area (Å²) in [7, 11) is 0. The fraction of sp³-hybridized carbons (Fsp3) is 0.259. The third kappa shape index (κ3) is 6.73. The van der Waals surface area contributed by atoms with Crippen molar-refractivity contribution in [1.82, 2.24) is 10.3 Å². The summed E-state index contributed by atoms with van der Waals surface area (Å²) in [6.45, 7) is 5.08. The Kier molecular flexibility index (Phi) is 8.83. The summed E-state index contributed by atoms with van der Waals surface area (Å²) in [4.78, 5) is 43.4. The quantitative estimate of drug-likeness (QED) is 0.124. The highest BCUT2D eigenvalue weighted by Gasteiger charge is 2.45. The van der Waals surface area contributed by atoms with E-state index in [1.54, 1.807) is 36.6 Å². The van der Waals surface area contributed by atoms with E-state index in [1.807, 2.05) is 54.1 Å². The summed E-state index contributed by atoms with van der Waals surface area (Å²) in [5, 5.41) is 10.7. The maximum Gasteiger partial charge on any atom is 0.356 e. The molecule has 3 N–H and O–H groups in total. The molecule has 0 spiro atoms. The van der Waals surface area contributed by atoms with Gasteiger partial charge in [0.15, 0.2) is 5.13 Å². The largest absolute Gasteiger partial charge is 0.461 e. The molecule has 1 aliphatic rings. The van der Waals surface area contributed by atoms with Crippen molar-refractivity contribution in [3.05, 3.63) is 65.3 Å². The molecule has 9 nitrogen and oxygen atoms in total. The maximum absolute atomic E-state index is 13.1. The van der Waals surface area contributed by atoms with Gasteiger partial charge in [0.25, 0.3) is 0 Å². The summed E-state index contributed by atoms with van der Waals surface area (Å²) >= 11 is 9.84. The zero-order valence-electron chi connectivity index (χ0n) is 21.8. The first-order valence-corrected chi connectivity index (χ1v) is 14.5. The number of thioether (sulfide) groups is 1. The minimum Gasteiger partial charge on any atom is -0.461 e. The van der Waals surface area contributed by atoms with Crippen LogP contribution >= 0.6 is 34.7 Å². The number of aromatic nitrogens is 1. The van der Waals surface area contributed by atoms with Crippen LogP contribution in [0.2, 0.25) is 0 Å². The van der Waals surface area contributed by atoms with Crippen LogP contribution in [0.4, 0.5) is 21.3 Å². The van der Waals surface area contributed by atoms with Gasteiger partial charge in [0.1, 0.15) is 10.7 Å². The summed E-state index contributed by atoms with van der Waals surface area (Å²) in [6.07, 6.45) is 2.14. The Balaban J connectivity index is 1.62. The summed E-state index contributed by atoms with van der Waals surface area (Å²) in [6, 6.07) is 14.3. The molecule has 3 aromatic rings. The number of nitrogens with zero attached hydrogens (tertiary/aromatic N) is 2. The van der Waals surface area contributed by atoms with Crippen LogP contribution in [0, 0.1) is 0 Å². The van der Waals surface area contributed by atoms with Gasteiger partial charge in [0.2, 0.25) is 5.91 Å². The van der Waals surface area contributed by atoms with Gasteiger partial charge in [0.05, 0.1) is 18.0 Å². The molecular formula is C27H28ClN5O4S2. The monoisotopic (exact) mass is 585 g/mol. The highest BCUT2D eigenvalue weighted by Crippen LogP contribution is 2.43. The number of hydrogen-bond donors (Lipinski definition) is 3. The molecule has 2 heterocycles. The predicted molar refractivity (Wildman–Crippen MR) is 157 cm³/mol. The van der Waals surface area contributed by atoms with Gasteiger partial charge in [-0.05, 0) is 50.4 Å². The number of carbonyl (C=O) groups excluding carboxylic acids is 3. The summed E-state index contributed by atoms with van der Waals surface area (Å²) in [5.74, 6) is -0.781. The van der Waals surface area contributed by atoms with E-state index in [4.69, 9.17) is 16.3 Å². The molecule has 1 unspecified atom stereocenters. The molecule has 0 fully saturated rings. The number of urea groups is 1. The Morgan fingerprint density at radius 3 is 2.56 bits per heavy atom. The highest BCUT2D eigenvalue weighted by molar-refractivity contribution is 7.98. The van der Waals surface area contributed by atoms with Crippen molar-refractivity contribution in [2.75, 3.05) is 28.4 Å². The molecule has 39 heavy (non-hydrogen) atoms. The van der Waals surface area contributed by atoms with E-state index in [9.17, 15) is 14.4 Å². The standard InChI is InChI=1S/C27H28ClN5O4S2/c1-5-37-24(35)23-21(31-25(36)30-18-7-6-8-20(13-18)38-4)14-27(3,28)33(23)19-11-9-17(10-12-19)22-15-39-26(32-22)29-16(2)34/h6-13,15H,5,14H2,1-4H3,(H,29,32,34)(H2,30,31,36). The van der Waals surface area contributed by atoms with Gasteiger partial charge in [-0.25, -0.2) is 14.6 Å². The Morgan fingerprint density at radius 1 is 1.15 bits per heavy atom. The molecule has 204 valence electrons. The average molecular weight is 586 g/mol. The molecule has 2 aromatic carbocycles. The topological polar surface area (TPSA) is 113 Å². The van der Waals surface area contributed by atoms with Crippen molar-refractivity contribution in [1.29, 1.82) is 0 Å². The number of amides is 3. The van der Waals surface area contributed by atoms with Crippen LogP contribution in [0.5, 0.6) is 0 Å². The Morgan fingerprint density at radius 2 is 1.90 bits per heavy atom. The van der Waals surface area contributed by atoms with Crippen molar-refractivity contribution in [3.8, 4) is 11.3 Å². The van der Waals surface area contributed by atoms with E-state index in [2.05, 4.69) is 20.9 Å². The van der Waals surface area contributed by atoms with E-state index in [1.165, 1.54) is 18.3 Å². The van der Waals surface area contributed by atoms with Crippen LogP contribution in [0.25, 0.3) is 11.3 Å². The lowest BCUT2D eigenvalue weighted by Crippen LogP contribution is -2.39. The second kappa shape index (κ2) is 12.1. The van der Waals surface area contributed by atoms with Crippen LogP contribution < -0.4 is 20.9 Å². The van der Waals surface area contributed by atoms with Crippen molar-refractivity contribution in [2.45, 2.75) is 37.1 Å². The molecule has 0 saturated heterocycles. The fourth-order valence-electron chi connectivity index (χ4n) is 4.16. The summed E-state index contributed by atoms with van der Waals surface area (Å²) in [5.41, 5.74) is 3.32. The molecule has 1 aromatic heterocycles. The van der Waals surface area contributed by atoms with E-state index in [0.29, 0.717) is 27.9 Å². The molecule has 0 bridgehead atoms. The van der Waals surface area contributed by atoms with Crippen molar-refractivity contribution in [3.63, 3.8) is 0 Å². The van der Waals surface area contributed by atoms with E-state index < -0.39 is 17.0 Å². The number of halogens is 1. The van der Waals surface area contributed by atoms with Crippen LogP contribution in [0.15, 0.2) is 70.2 Å². The first kappa shape index (κ1) is 28.5. The lowest BCUT2D eigenvalue weighted by Gasteiger charge is -2.33. The molecule has 0 saturated carbocycles. The SMILES string of the molecule is CCOC(=O)C1=C(NC(=O)Nc2cccc(SC)c2)CC(C)(Cl)N1c1ccc(-c2csc(NC(C)=O)n2)cc1. The number of benzene rings is 2. The van der Waals surface area contributed by atoms with Gasteiger partial charge in [-0.15, -0.1) is 23.1 Å². The molecular weight excluding hydrogens is 558 g/mol. The lowest BCUT2D eigenvalue weighted by molar-refractivity contribution is -0.138.